The van der Waals surface area contributed by atoms with E-state index in [2.05, 4.69) is 20.8 Å². The molecule has 1 aliphatic rings. The normalized spacial score (nSPS) is 21.2. The Hall–Kier alpha value is -0.195. The summed E-state index contributed by atoms with van der Waals surface area (Å²) >= 11 is 0. The van der Waals surface area contributed by atoms with Crippen LogP contribution in [0.15, 0.2) is 11.0 Å². The molecule has 0 unspecified atom stereocenters. The molecule has 1 heteroatoms. The largest absolute Gasteiger partial charge is 0.118 e. The molecule has 0 fully saturated rings. The van der Waals surface area contributed by atoms with Gasteiger partial charge in [-0.05, 0) is 25.2 Å². The molecule has 62 valence electrons. The van der Waals surface area contributed by atoms with Crippen LogP contribution in [-0.4, -0.2) is 7.85 Å². The maximum Gasteiger partial charge on any atom is 0.107 e. The highest BCUT2D eigenvalue weighted by atomic mass is 14.3. The Morgan fingerprint density at radius 1 is 1.18 bits per heavy atom. The molecule has 0 atom stereocenters. The van der Waals surface area contributed by atoms with Crippen molar-refractivity contribution < 1.29 is 0 Å². The molecular weight excluding hydrogens is 131 g/mol. The van der Waals surface area contributed by atoms with Crippen LogP contribution in [0.25, 0.3) is 0 Å². The second kappa shape index (κ2) is 3.99. The van der Waals surface area contributed by atoms with Crippen molar-refractivity contribution in [3.05, 3.63) is 11.0 Å². The summed E-state index contributed by atoms with van der Waals surface area (Å²) in [5, 5.41) is 0. The van der Waals surface area contributed by atoms with Gasteiger partial charge >= 0.3 is 0 Å². The fraction of sp³-hybridized carbons (Fsp3) is 0.800. The molecule has 1 rings (SSSR count). The van der Waals surface area contributed by atoms with Crippen LogP contribution >= 0.6 is 0 Å². The van der Waals surface area contributed by atoms with Crippen LogP contribution in [0.1, 0.15) is 47.5 Å². The highest BCUT2D eigenvalue weighted by Gasteiger charge is 2.25. The minimum absolute atomic E-state index is 0.439. The van der Waals surface area contributed by atoms with Gasteiger partial charge in [-0.3, -0.25) is 0 Å². The molecule has 0 aromatic heterocycles. The maximum atomic E-state index is 5.73. The van der Waals surface area contributed by atoms with Crippen molar-refractivity contribution in [2.45, 2.75) is 47.5 Å². The summed E-state index contributed by atoms with van der Waals surface area (Å²) in [6.45, 7) is 10.6. The zero-order valence-electron chi connectivity index (χ0n) is 8.49. The first-order chi connectivity index (χ1) is 5.01. The van der Waals surface area contributed by atoms with E-state index < -0.39 is 0 Å². The molecular formula is C10H19B. The summed E-state index contributed by atoms with van der Waals surface area (Å²) < 4.78 is 0. The lowest BCUT2D eigenvalue weighted by atomic mass is 9.85. The number of hydrogen-bond acceptors (Lipinski definition) is 0. The lowest BCUT2D eigenvalue weighted by Crippen LogP contribution is -2.04. The highest BCUT2D eigenvalue weighted by molar-refractivity contribution is 6.22. The minimum Gasteiger partial charge on any atom is -0.118 e. The molecule has 1 aliphatic carbocycles. The third kappa shape index (κ3) is 3.13. The zero-order chi connectivity index (χ0) is 9.07. The standard InChI is InChI=1S/C8H13B.C2H6/c1-6-4-8(2,3)5-7(6)9;1-2/h4-5H2,1-3H3;1-2H3. The quantitative estimate of drug-likeness (QED) is 0.465. The van der Waals surface area contributed by atoms with E-state index >= 15 is 0 Å². The smallest absolute Gasteiger partial charge is 0.107 e. The fourth-order valence-electron chi connectivity index (χ4n) is 1.56. The molecule has 0 heterocycles. The molecule has 0 aromatic rings. The van der Waals surface area contributed by atoms with E-state index in [-0.39, 0.29) is 0 Å². The zero-order valence-corrected chi connectivity index (χ0v) is 8.49. The van der Waals surface area contributed by atoms with E-state index in [1.807, 2.05) is 13.8 Å². The van der Waals surface area contributed by atoms with Crippen molar-refractivity contribution in [1.29, 1.82) is 0 Å². The van der Waals surface area contributed by atoms with Gasteiger partial charge in [-0.25, -0.2) is 0 Å². The molecule has 11 heavy (non-hydrogen) atoms. The molecule has 0 nitrogen and oxygen atoms in total. The second-order valence-electron chi connectivity index (χ2n) is 3.82. The molecule has 0 aromatic carbocycles. The van der Waals surface area contributed by atoms with Crippen LogP contribution in [-0.2, 0) is 0 Å². The Balaban J connectivity index is 0.000000461. The lowest BCUT2D eigenvalue weighted by molar-refractivity contribution is 0.392. The Labute approximate surface area is 72.5 Å². The first-order valence-electron chi connectivity index (χ1n) is 4.45. The van der Waals surface area contributed by atoms with Crippen LogP contribution in [0, 0.1) is 5.41 Å². The maximum absolute atomic E-state index is 5.73. The molecule has 0 N–H and O–H groups in total. The molecule has 0 saturated heterocycles. The van der Waals surface area contributed by atoms with E-state index in [0.29, 0.717) is 5.41 Å². The molecule has 0 bridgehead atoms. The van der Waals surface area contributed by atoms with Crippen molar-refractivity contribution >= 4 is 7.85 Å². The van der Waals surface area contributed by atoms with Gasteiger partial charge in [-0.2, -0.15) is 0 Å². The van der Waals surface area contributed by atoms with E-state index in [0.717, 1.165) is 11.9 Å². The average molecular weight is 150 g/mol. The van der Waals surface area contributed by atoms with Gasteiger partial charge in [0.05, 0.1) is 0 Å². The third-order valence-corrected chi connectivity index (χ3v) is 1.96. The topological polar surface area (TPSA) is 0 Å². The van der Waals surface area contributed by atoms with Crippen LogP contribution < -0.4 is 0 Å². The molecule has 0 saturated carbocycles. The Morgan fingerprint density at radius 2 is 1.64 bits per heavy atom. The summed E-state index contributed by atoms with van der Waals surface area (Å²) in [6.07, 6.45) is 2.26. The van der Waals surface area contributed by atoms with Crippen molar-refractivity contribution in [2.75, 3.05) is 0 Å². The molecule has 2 radical (unpaired) electrons. The van der Waals surface area contributed by atoms with E-state index in [1.165, 1.54) is 12.0 Å². The molecule has 0 spiro atoms. The van der Waals surface area contributed by atoms with Gasteiger partial charge in [0.1, 0.15) is 7.85 Å². The van der Waals surface area contributed by atoms with E-state index in [9.17, 15) is 0 Å². The van der Waals surface area contributed by atoms with Crippen LogP contribution in [0.3, 0.4) is 0 Å². The van der Waals surface area contributed by atoms with E-state index in [1.54, 1.807) is 0 Å². The van der Waals surface area contributed by atoms with Gasteiger partial charge in [0.2, 0.25) is 0 Å². The lowest BCUT2D eigenvalue weighted by Gasteiger charge is -2.16. The first kappa shape index (κ1) is 10.8. The van der Waals surface area contributed by atoms with Crippen LogP contribution in [0.5, 0.6) is 0 Å². The molecule has 0 aliphatic heterocycles. The summed E-state index contributed by atoms with van der Waals surface area (Å²) in [5.74, 6) is 0. The van der Waals surface area contributed by atoms with Gasteiger partial charge in [0.15, 0.2) is 0 Å². The van der Waals surface area contributed by atoms with Crippen molar-refractivity contribution in [3.63, 3.8) is 0 Å². The fourth-order valence-corrected chi connectivity index (χ4v) is 1.56. The van der Waals surface area contributed by atoms with Crippen molar-refractivity contribution in [3.8, 4) is 0 Å². The number of hydrogen-bond donors (Lipinski definition) is 0. The highest BCUT2D eigenvalue weighted by Crippen LogP contribution is 2.39. The van der Waals surface area contributed by atoms with Gasteiger partial charge in [0.25, 0.3) is 0 Å². The van der Waals surface area contributed by atoms with Crippen LogP contribution in [0.2, 0.25) is 0 Å². The number of rotatable bonds is 0. The van der Waals surface area contributed by atoms with Gasteiger partial charge < -0.3 is 0 Å². The third-order valence-electron chi connectivity index (χ3n) is 1.96. The summed E-state index contributed by atoms with van der Waals surface area (Å²) in [6, 6.07) is 0. The minimum atomic E-state index is 0.439. The summed E-state index contributed by atoms with van der Waals surface area (Å²) in [5.41, 5.74) is 2.94. The van der Waals surface area contributed by atoms with Crippen molar-refractivity contribution in [2.24, 2.45) is 5.41 Å². The number of allylic oxidation sites excluding steroid dienone is 2. The van der Waals surface area contributed by atoms with Crippen molar-refractivity contribution in [1.82, 2.24) is 0 Å². The monoisotopic (exact) mass is 150 g/mol. The Morgan fingerprint density at radius 3 is 1.73 bits per heavy atom. The second-order valence-corrected chi connectivity index (χ2v) is 3.82. The predicted octanol–water partition coefficient (Wildman–Crippen LogP) is 3.28. The Bertz CT molecular complexity index is 138. The average Bonchev–Trinajstić information content (AvgIpc) is 2.10. The Kier molecular flexibility index (Phi) is 3.92. The van der Waals surface area contributed by atoms with Crippen LogP contribution in [0.4, 0.5) is 0 Å². The van der Waals surface area contributed by atoms with E-state index in [4.69, 9.17) is 7.85 Å². The van der Waals surface area contributed by atoms with Gasteiger partial charge in [-0.15, -0.1) is 5.47 Å². The summed E-state index contributed by atoms with van der Waals surface area (Å²) in [4.78, 5) is 0. The van der Waals surface area contributed by atoms with Gasteiger partial charge in [0, 0.05) is 0 Å². The predicted molar refractivity (Wildman–Crippen MR) is 52.8 cm³/mol. The van der Waals surface area contributed by atoms with Gasteiger partial charge in [-0.1, -0.05) is 33.3 Å². The molecule has 0 amide bonds. The SMILES string of the molecule is CC.[B]C1=C(C)CC(C)(C)C1. The summed E-state index contributed by atoms with van der Waals surface area (Å²) in [7, 11) is 5.73. The first-order valence-corrected chi connectivity index (χ1v) is 4.45.